The Labute approximate surface area is 118 Å². The highest BCUT2D eigenvalue weighted by atomic mass is 35.5. The van der Waals surface area contributed by atoms with Crippen molar-refractivity contribution in [2.75, 3.05) is 6.61 Å². The van der Waals surface area contributed by atoms with Crippen molar-refractivity contribution >= 4 is 34.8 Å². The van der Waals surface area contributed by atoms with Crippen molar-refractivity contribution in [3.8, 4) is 0 Å². The molecule has 1 aliphatic rings. The molecule has 2 atom stereocenters. The van der Waals surface area contributed by atoms with E-state index in [4.69, 9.17) is 27.9 Å². The van der Waals surface area contributed by atoms with Gasteiger partial charge in [0, 0.05) is 12.1 Å². The molecule has 1 N–H and O–H groups in total. The summed E-state index contributed by atoms with van der Waals surface area (Å²) in [6, 6.07) is 5.33. The Bertz CT molecular complexity index is 504. The van der Waals surface area contributed by atoms with Crippen LogP contribution in [0.25, 0.3) is 0 Å². The number of non-ortho nitro benzene ring substituents is 1. The van der Waals surface area contributed by atoms with Gasteiger partial charge in [0.15, 0.2) is 4.84 Å². The molecule has 0 spiro atoms. The summed E-state index contributed by atoms with van der Waals surface area (Å²) in [6.07, 6.45) is -0.541. The molecule has 1 heterocycles. The molecule has 0 saturated heterocycles. The minimum atomic E-state index is -0.905. The summed E-state index contributed by atoms with van der Waals surface area (Å²) in [4.78, 5) is 13.2. The van der Waals surface area contributed by atoms with Crippen LogP contribution in [-0.2, 0) is 4.74 Å². The molecule has 102 valence electrons. The van der Waals surface area contributed by atoms with Gasteiger partial charge in [0.25, 0.3) is 5.69 Å². The molecule has 0 aromatic heterocycles. The summed E-state index contributed by atoms with van der Waals surface area (Å²) in [5.41, 5.74) is 0.647. The third-order valence-electron chi connectivity index (χ3n) is 2.70. The summed E-state index contributed by atoms with van der Waals surface area (Å²) >= 11 is 11.3. The summed E-state index contributed by atoms with van der Waals surface area (Å²) < 4.78 is 5.47. The highest BCUT2D eigenvalue weighted by Gasteiger charge is 2.34. The Balaban J connectivity index is 2.20. The maximum absolute atomic E-state index is 10.6. The molecular formula is C11H10Cl2N2O4. The van der Waals surface area contributed by atoms with Gasteiger partial charge in [-0.1, -0.05) is 23.2 Å². The maximum atomic E-state index is 10.6. The lowest BCUT2D eigenvalue weighted by atomic mass is 10.0. The van der Waals surface area contributed by atoms with E-state index in [1.165, 1.54) is 12.1 Å². The van der Waals surface area contributed by atoms with Gasteiger partial charge in [0.05, 0.1) is 11.5 Å². The van der Waals surface area contributed by atoms with Crippen molar-refractivity contribution in [1.82, 2.24) is 0 Å². The van der Waals surface area contributed by atoms with Crippen LogP contribution >= 0.6 is 23.2 Å². The number of rotatable bonds is 4. The third kappa shape index (κ3) is 2.97. The Kier molecular flexibility index (Phi) is 4.24. The second kappa shape index (κ2) is 5.73. The highest BCUT2D eigenvalue weighted by Crippen LogP contribution is 2.32. The quantitative estimate of drug-likeness (QED) is 0.525. The lowest BCUT2D eigenvalue weighted by molar-refractivity contribution is -0.384. The number of nitrogens with zero attached hydrogens (tertiary/aromatic N) is 2. The van der Waals surface area contributed by atoms with E-state index in [9.17, 15) is 15.2 Å². The molecular weight excluding hydrogens is 295 g/mol. The van der Waals surface area contributed by atoms with Crippen LogP contribution in [0.2, 0.25) is 0 Å². The first-order valence-electron chi connectivity index (χ1n) is 5.40. The number of hydrogen-bond acceptors (Lipinski definition) is 5. The molecule has 0 aliphatic carbocycles. The zero-order chi connectivity index (χ0) is 14.0. The van der Waals surface area contributed by atoms with Crippen molar-refractivity contribution < 1.29 is 14.8 Å². The van der Waals surface area contributed by atoms with Gasteiger partial charge in [-0.2, -0.15) is 0 Å². The van der Waals surface area contributed by atoms with Crippen LogP contribution in [0.3, 0.4) is 0 Å². The van der Waals surface area contributed by atoms with Crippen LogP contribution in [0.15, 0.2) is 29.3 Å². The third-order valence-corrected chi connectivity index (χ3v) is 3.07. The van der Waals surface area contributed by atoms with E-state index in [0.29, 0.717) is 5.56 Å². The normalized spacial score (nSPS) is 22.2. The molecule has 2 unspecified atom stereocenters. The van der Waals surface area contributed by atoms with Crippen molar-refractivity contribution in [3.63, 3.8) is 0 Å². The zero-order valence-electron chi connectivity index (χ0n) is 9.57. The number of ether oxygens (including phenoxy) is 1. The largest absolute Gasteiger partial charge is 0.468 e. The van der Waals surface area contributed by atoms with Gasteiger partial charge in [-0.05, 0) is 17.7 Å². The molecule has 6 nitrogen and oxygen atoms in total. The van der Waals surface area contributed by atoms with E-state index in [2.05, 4.69) is 4.99 Å². The fourth-order valence-corrected chi connectivity index (χ4v) is 2.01. The van der Waals surface area contributed by atoms with Gasteiger partial charge < -0.3 is 9.84 Å². The fourth-order valence-electron chi connectivity index (χ4n) is 1.79. The number of benzene rings is 1. The predicted molar refractivity (Wildman–Crippen MR) is 70.7 cm³/mol. The number of aliphatic imine (C=N–C) groups is 1. The summed E-state index contributed by atoms with van der Waals surface area (Å²) in [5.74, 6) is 0.144. The van der Waals surface area contributed by atoms with Crippen molar-refractivity contribution in [2.45, 2.75) is 17.0 Å². The Morgan fingerprint density at radius 3 is 2.53 bits per heavy atom. The Morgan fingerprint density at radius 2 is 2.05 bits per heavy atom. The lowest BCUT2D eigenvalue weighted by Crippen LogP contribution is -2.18. The number of nitro groups is 1. The van der Waals surface area contributed by atoms with Gasteiger partial charge in [-0.3, -0.25) is 10.1 Å². The Morgan fingerprint density at radius 1 is 1.42 bits per heavy atom. The molecule has 0 radical (unpaired) electrons. The van der Waals surface area contributed by atoms with Crippen LogP contribution < -0.4 is 0 Å². The number of aliphatic hydroxyl groups is 1. The monoisotopic (exact) mass is 304 g/mol. The van der Waals surface area contributed by atoms with Crippen LogP contribution in [-0.4, -0.2) is 33.4 Å². The second-order valence-corrected chi connectivity index (χ2v) is 5.00. The van der Waals surface area contributed by atoms with Gasteiger partial charge in [0.1, 0.15) is 12.1 Å². The Hall–Kier alpha value is -1.37. The molecule has 2 rings (SSSR count). The van der Waals surface area contributed by atoms with Crippen LogP contribution in [0.1, 0.15) is 11.7 Å². The molecule has 0 saturated carbocycles. The van der Waals surface area contributed by atoms with E-state index in [0.717, 1.165) is 0 Å². The first-order valence-corrected chi connectivity index (χ1v) is 6.28. The first kappa shape index (κ1) is 14.0. The van der Waals surface area contributed by atoms with E-state index in [1.807, 2.05) is 0 Å². The minimum Gasteiger partial charge on any atom is -0.468 e. The number of hydrogen-bond donors (Lipinski definition) is 1. The maximum Gasteiger partial charge on any atom is 0.269 e. The molecule has 0 bridgehead atoms. The van der Waals surface area contributed by atoms with E-state index in [1.54, 1.807) is 12.1 Å². The minimum absolute atomic E-state index is 0.0176. The smallest absolute Gasteiger partial charge is 0.269 e. The van der Waals surface area contributed by atoms with E-state index >= 15 is 0 Å². The molecule has 0 amide bonds. The fraction of sp³-hybridized carbons (Fsp3) is 0.364. The molecule has 8 heteroatoms. The molecule has 19 heavy (non-hydrogen) atoms. The number of halogens is 2. The van der Waals surface area contributed by atoms with E-state index in [-0.39, 0.29) is 18.2 Å². The summed E-state index contributed by atoms with van der Waals surface area (Å²) in [7, 11) is 0. The molecule has 0 fully saturated rings. The lowest BCUT2D eigenvalue weighted by Gasteiger charge is -2.16. The SMILES string of the molecule is O=[N+]([O-])c1ccc(C2OC(C(Cl)Cl)=NC2CO)cc1. The standard InChI is InChI=1S/C11H10Cl2N2O4/c12-10(13)11-14-8(5-16)9(19-11)6-1-3-7(4-2-6)15(17)18/h1-4,8-10,16H,5H2. The van der Waals surface area contributed by atoms with Gasteiger partial charge >= 0.3 is 0 Å². The average molecular weight is 305 g/mol. The summed E-state index contributed by atoms with van der Waals surface area (Å²) in [5, 5.41) is 19.8. The predicted octanol–water partition coefficient (Wildman–Crippen LogP) is 2.23. The second-order valence-electron chi connectivity index (χ2n) is 3.91. The van der Waals surface area contributed by atoms with Crippen molar-refractivity contribution in [3.05, 3.63) is 39.9 Å². The van der Waals surface area contributed by atoms with Crippen molar-refractivity contribution in [2.24, 2.45) is 4.99 Å². The van der Waals surface area contributed by atoms with Crippen LogP contribution in [0.5, 0.6) is 0 Å². The molecule has 1 aliphatic heterocycles. The van der Waals surface area contributed by atoms with E-state index < -0.39 is 21.9 Å². The van der Waals surface area contributed by atoms with Crippen molar-refractivity contribution in [1.29, 1.82) is 0 Å². The first-order chi connectivity index (χ1) is 9.02. The molecule has 1 aromatic rings. The topological polar surface area (TPSA) is 85.0 Å². The number of aliphatic hydroxyl groups excluding tert-OH is 1. The average Bonchev–Trinajstić information content (AvgIpc) is 2.83. The van der Waals surface area contributed by atoms with Crippen LogP contribution in [0, 0.1) is 10.1 Å². The van der Waals surface area contributed by atoms with Gasteiger partial charge in [0.2, 0.25) is 5.90 Å². The number of alkyl halides is 2. The zero-order valence-corrected chi connectivity index (χ0v) is 11.1. The number of nitro benzene ring substituents is 1. The highest BCUT2D eigenvalue weighted by molar-refractivity contribution is 6.53. The van der Waals surface area contributed by atoms with Crippen LogP contribution in [0.4, 0.5) is 5.69 Å². The van der Waals surface area contributed by atoms with Gasteiger partial charge in [-0.15, -0.1) is 0 Å². The van der Waals surface area contributed by atoms with Gasteiger partial charge in [-0.25, -0.2) is 4.99 Å². The molecule has 1 aromatic carbocycles. The summed E-state index contributed by atoms with van der Waals surface area (Å²) in [6.45, 7) is -0.231.